The number of benzene rings is 1. The van der Waals surface area contributed by atoms with Crippen molar-refractivity contribution in [2.75, 3.05) is 7.11 Å². The summed E-state index contributed by atoms with van der Waals surface area (Å²) in [4.78, 5) is 38.6. The van der Waals surface area contributed by atoms with Gasteiger partial charge in [-0.1, -0.05) is 16.5 Å². The van der Waals surface area contributed by atoms with E-state index in [2.05, 4.69) is 14.9 Å². The number of amides is 1. The Morgan fingerprint density at radius 1 is 1.42 bits per heavy atom. The molecule has 0 aliphatic carbocycles. The molecule has 26 heavy (non-hydrogen) atoms. The minimum absolute atomic E-state index is 0.0237. The number of nitro benzene ring substituents is 1. The summed E-state index contributed by atoms with van der Waals surface area (Å²) in [5, 5.41) is 14.6. The predicted molar refractivity (Wildman–Crippen MR) is 89.6 cm³/mol. The Bertz CT molecular complexity index is 1090. The quantitative estimate of drug-likeness (QED) is 0.386. The van der Waals surface area contributed by atoms with Gasteiger partial charge in [-0.25, -0.2) is 0 Å². The number of non-ortho nitro benzene ring substituents is 1. The summed E-state index contributed by atoms with van der Waals surface area (Å²) in [5.41, 5.74) is 0.284. The van der Waals surface area contributed by atoms with Crippen LogP contribution < -0.4 is 4.80 Å². The average molecular weight is 376 g/mol. The lowest BCUT2D eigenvalue weighted by Crippen LogP contribution is -2.22. The summed E-state index contributed by atoms with van der Waals surface area (Å²) in [6.45, 7) is 1.39. The maximum Gasteiger partial charge on any atom is 0.325 e. The molecule has 0 bridgehead atoms. The molecule has 0 aliphatic rings. The van der Waals surface area contributed by atoms with Crippen molar-refractivity contribution in [3.63, 3.8) is 0 Å². The van der Waals surface area contributed by atoms with E-state index >= 15 is 0 Å². The summed E-state index contributed by atoms with van der Waals surface area (Å²) in [5.74, 6) is -0.776. The van der Waals surface area contributed by atoms with Gasteiger partial charge in [0.25, 0.3) is 5.69 Å². The highest BCUT2D eigenvalue weighted by molar-refractivity contribution is 7.16. The highest BCUT2D eigenvalue weighted by Gasteiger charge is 2.16. The van der Waals surface area contributed by atoms with Crippen molar-refractivity contribution in [2.24, 2.45) is 4.99 Å². The maximum absolute atomic E-state index is 12.3. The third kappa shape index (κ3) is 3.37. The number of carbonyl (C=O) groups excluding carboxylic acids is 2. The van der Waals surface area contributed by atoms with E-state index < -0.39 is 16.8 Å². The average Bonchev–Trinajstić information content (AvgIpc) is 3.18. The van der Waals surface area contributed by atoms with Gasteiger partial charge in [0.05, 0.1) is 22.2 Å². The summed E-state index contributed by atoms with van der Waals surface area (Å²) in [7, 11) is 1.22. The van der Waals surface area contributed by atoms with E-state index in [9.17, 15) is 19.7 Å². The van der Waals surface area contributed by atoms with Gasteiger partial charge in [0.15, 0.2) is 10.5 Å². The van der Waals surface area contributed by atoms with E-state index in [4.69, 9.17) is 4.52 Å². The van der Waals surface area contributed by atoms with Gasteiger partial charge in [-0.2, -0.15) is 4.99 Å². The molecule has 0 fully saturated rings. The number of hydrogen-bond donors (Lipinski definition) is 0. The standard InChI is InChI=1S/C15H12N4O6S/c1-8-5-10(17-25-8)14(21)16-15-18(7-13(20)24-2)11-6-9(19(22)23)3-4-12(11)26-15/h3-6H,7H2,1-2H3. The van der Waals surface area contributed by atoms with Gasteiger partial charge >= 0.3 is 11.9 Å². The molecule has 3 rings (SSSR count). The first kappa shape index (κ1) is 17.5. The van der Waals surface area contributed by atoms with Gasteiger partial charge in [0.1, 0.15) is 12.3 Å². The molecule has 0 saturated heterocycles. The molecule has 10 nitrogen and oxygen atoms in total. The molecule has 0 radical (unpaired) electrons. The number of carbonyl (C=O) groups is 2. The molecule has 0 saturated carbocycles. The van der Waals surface area contributed by atoms with E-state index in [1.807, 2.05) is 0 Å². The minimum Gasteiger partial charge on any atom is -0.468 e. The molecule has 0 N–H and O–H groups in total. The summed E-state index contributed by atoms with van der Waals surface area (Å²) in [6, 6.07) is 5.64. The molecule has 2 heterocycles. The first-order valence-electron chi connectivity index (χ1n) is 7.26. The van der Waals surface area contributed by atoms with Gasteiger partial charge < -0.3 is 13.8 Å². The van der Waals surface area contributed by atoms with Crippen LogP contribution in [0.2, 0.25) is 0 Å². The van der Waals surface area contributed by atoms with Gasteiger partial charge in [-0.3, -0.25) is 19.7 Å². The van der Waals surface area contributed by atoms with Crippen LogP contribution in [0.1, 0.15) is 16.2 Å². The van der Waals surface area contributed by atoms with Crippen LogP contribution in [0.3, 0.4) is 0 Å². The molecule has 0 aliphatic heterocycles. The topological polar surface area (TPSA) is 130 Å². The summed E-state index contributed by atoms with van der Waals surface area (Å²) in [6.07, 6.45) is 0. The number of ether oxygens (including phenoxy) is 1. The molecule has 134 valence electrons. The van der Waals surface area contributed by atoms with Crippen molar-refractivity contribution in [3.8, 4) is 0 Å². The van der Waals surface area contributed by atoms with E-state index in [1.165, 1.54) is 35.9 Å². The van der Waals surface area contributed by atoms with E-state index in [0.717, 1.165) is 11.3 Å². The van der Waals surface area contributed by atoms with Crippen LogP contribution in [0, 0.1) is 17.0 Å². The van der Waals surface area contributed by atoms with Crippen LogP contribution in [0.25, 0.3) is 10.2 Å². The molecular formula is C15H12N4O6S. The summed E-state index contributed by atoms with van der Waals surface area (Å²) < 4.78 is 11.5. The zero-order valence-corrected chi connectivity index (χ0v) is 14.5. The number of esters is 1. The molecule has 0 unspecified atom stereocenters. The highest BCUT2D eigenvalue weighted by atomic mass is 32.1. The molecule has 3 aromatic rings. The third-order valence-electron chi connectivity index (χ3n) is 3.44. The third-order valence-corrected chi connectivity index (χ3v) is 4.49. The van der Waals surface area contributed by atoms with Crippen molar-refractivity contribution in [1.82, 2.24) is 9.72 Å². The Morgan fingerprint density at radius 3 is 2.81 bits per heavy atom. The van der Waals surface area contributed by atoms with Crippen LogP contribution in [0.15, 0.2) is 33.8 Å². The molecule has 0 spiro atoms. The number of aryl methyl sites for hydroxylation is 1. The molecule has 2 aromatic heterocycles. The second-order valence-electron chi connectivity index (χ2n) is 5.20. The number of aromatic nitrogens is 2. The lowest BCUT2D eigenvalue weighted by molar-refractivity contribution is -0.384. The first-order chi connectivity index (χ1) is 12.4. The number of nitro groups is 1. The van der Waals surface area contributed by atoms with Crippen molar-refractivity contribution in [1.29, 1.82) is 0 Å². The maximum atomic E-state index is 12.3. The Morgan fingerprint density at radius 2 is 2.19 bits per heavy atom. The van der Waals surface area contributed by atoms with E-state index in [-0.39, 0.29) is 22.7 Å². The predicted octanol–water partition coefficient (Wildman–Crippen LogP) is 1.82. The largest absolute Gasteiger partial charge is 0.468 e. The van der Waals surface area contributed by atoms with Crippen LogP contribution in [-0.4, -0.2) is 33.6 Å². The summed E-state index contributed by atoms with van der Waals surface area (Å²) >= 11 is 1.11. The normalized spacial score (nSPS) is 11.7. The lowest BCUT2D eigenvalue weighted by atomic mass is 10.3. The second kappa shape index (κ2) is 6.88. The Hall–Kier alpha value is -3.34. The van der Waals surface area contributed by atoms with Crippen LogP contribution in [0.5, 0.6) is 0 Å². The molecule has 0 atom stereocenters. The van der Waals surface area contributed by atoms with Crippen molar-refractivity contribution < 1.29 is 23.8 Å². The Kier molecular flexibility index (Phi) is 4.63. The fourth-order valence-corrected chi connectivity index (χ4v) is 3.22. The number of nitrogens with zero attached hydrogens (tertiary/aromatic N) is 4. The minimum atomic E-state index is -0.651. The number of methoxy groups -OCH3 is 1. The van der Waals surface area contributed by atoms with Gasteiger partial charge in [0, 0.05) is 18.2 Å². The fourth-order valence-electron chi connectivity index (χ4n) is 2.21. The zero-order valence-electron chi connectivity index (χ0n) is 13.7. The van der Waals surface area contributed by atoms with E-state index in [1.54, 1.807) is 6.92 Å². The van der Waals surface area contributed by atoms with Gasteiger partial charge in [0.2, 0.25) is 0 Å². The van der Waals surface area contributed by atoms with Crippen LogP contribution >= 0.6 is 11.3 Å². The number of rotatable bonds is 4. The van der Waals surface area contributed by atoms with Crippen LogP contribution in [-0.2, 0) is 16.1 Å². The Labute approximate surface area is 149 Å². The highest BCUT2D eigenvalue weighted by Crippen LogP contribution is 2.23. The van der Waals surface area contributed by atoms with Crippen molar-refractivity contribution in [2.45, 2.75) is 13.5 Å². The lowest BCUT2D eigenvalue weighted by Gasteiger charge is -2.03. The molecule has 1 aromatic carbocycles. The van der Waals surface area contributed by atoms with Gasteiger partial charge in [-0.05, 0) is 13.0 Å². The SMILES string of the molecule is COC(=O)Cn1c(=NC(=O)c2cc(C)on2)sc2ccc([N+](=O)[O-])cc21. The van der Waals surface area contributed by atoms with Crippen molar-refractivity contribution >= 4 is 39.1 Å². The second-order valence-corrected chi connectivity index (χ2v) is 6.20. The van der Waals surface area contributed by atoms with Crippen LogP contribution in [0.4, 0.5) is 5.69 Å². The Balaban J connectivity index is 2.18. The fraction of sp³-hybridized carbons (Fsp3) is 0.200. The molecule has 11 heteroatoms. The number of hydrogen-bond acceptors (Lipinski definition) is 8. The van der Waals surface area contributed by atoms with Gasteiger partial charge in [-0.15, -0.1) is 0 Å². The monoisotopic (exact) mass is 376 g/mol. The zero-order chi connectivity index (χ0) is 18.8. The molecular weight excluding hydrogens is 364 g/mol. The number of thiazole rings is 1. The number of fused-ring (bicyclic) bond motifs is 1. The smallest absolute Gasteiger partial charge is 0.325 e. The van der Waals surface area contributed by atoms with E-state index in [0.29, 0.717) is 16.0 Å². The molecule has 1 amide bonds. The van der Waals surface area contributed by atoms with Crippen molar-refractivity contribution in [3.05, 3.63) is 50.6 Å². The first-order valence-corrected chi connectivity index (χ1v) is 8.07.